The number of nitrogens with one attached hydrogen (secondary N) is 1. The standard InChI is InChI=1S/C29H26N2.C29H23N.C27H20/c1-30-31(2)20-21-16-18-23(19-17-21)29-26-14-8-6-12-24(26)28(22-10-4-3-5-11-22)25-13-7-9-15-27(25)29;1-30-18-19-11-13-21(14-12-19)27-23-9-5-6-10-24(23)28(20-7-3-2-4-8-20)29-25(27)16-15-22-17-26(22)29;1-19-15-17-21(18-16-19)27-24-13-7-5-11-22(24)26(20-9-3-2-4-10-20)23-12-6-8-14-25(23)27/h3-19,30H,20H2,1-2H3;2-16,22,26H,1,17-18H2;2-18H,1H3. The molecule has 3 heteroatoms. The zero-order valence-electron chi connectivity index (χ0n) is 50.2. The molecule has 0 radical (unpaired) electrons. The minimum Gasteiger partial charge on any atom is -0.296 e. The molecule has 2 unspecified atom stereocenters. The Balaban J connectivity index is 0.000000116. The van der Waals surface area contributed by atoms with Crippen molar-refractivity contribution in [3.63, 3.8) is 0 Å². The summed E-state index contributed by atoms with van der Waals surface area (Å²) in [4.78, 5) is 4.03. The zero-order chi connectivity index (χ0) is 59.5. The Bertz CT molecular complexity index is 4760. The van der Waals surface area contributed by atoms with Crippen molar-refractivity contribution in [2.24, 2.45) is 10.9 Å². The lowest BCUT2D eigenvalue weighted by Gasteiger charge is -2.23. The third-order valence-electron chi connectivity index (χ3n) is 18.0. The Kier molecular flexibility index (Phi) is 15.5. The van der Waals surface area contributed by atoms with Gasteiger partial charge in [0.25, 0.3) is 0 Å². The molecular formula is C85H69N3. The molecule has 14 aromatic carbocycles. The molecule has 2 aliphatic carbocycles. The molecule has 0 amide bonds. The van der Waals surface area contributed by atoms with E-state index < -0.39 is 0 Å². The lowest BCUT2D eigenvalue weighted by Crippen LogP contribution is -2.29. The normalized spacial score (nSPS) is 13.8. The molecule has 2 aliphatic rings. The van der Waals surface area contributed by atoms with Gasteiger partial charge in [-0.05, 0) is 182 Å². The Labute approximate surface area is 517 Å². The van der Waals surface area contributed by atoms with E-state index in [1.807, 2.05) is 7.05 Å². The maximum Gasteiger partial charge on any atom is 0.0632 e. The summed E-state index contributed by atoms with van der Waals surface area (Å²) >= 11 is 0. The van der Waals surface area contributed by atoms with E-state index in [4.69, 9.17) is 0 Å². The van der Waals surface area contributed by atoms with Crippen LogP contribution in [0.2, 0.25) is 0 Å². The number of hydrazine groups is 1. The van der Waals surface area contributed by atoms with Crippen LogP contribution in [0.1, 0.15) is 40.2 Å². The van der Waals surface area contributed by atoms with Gasteiger partial charge in [0.1, 0.15) is 0 Å². The summed E-state index contributed by atoms with van der Waals surface area (Å²) < 4.78 is 0. The van der Waals surface area contributed by atoms with Gasteiger partial charge in [0.15, 0.2) is 0 Å². The van der Waals surface area contributed by atoms with E-state index in [1.165, 1.54) is 149 Å². The third-order valence-corrected chi connectivity index (χ3v) is 18.0. The Morgan fingerprint density at radius 2 is 0.682 bits per heavy atom. The molecule has 1 N–H and O–H groups in total. The van der Waals surface area contributed by atoms with Crippen molar-refractivity contribution in [2.45, 2.75) is 32.4 Å². The Morgan fingerprint density at radius 1 is 0.375 bits per heavy atom. The average Bonchev–Trinajstić information content (AvgIpc) is 1.39. The van der Waals surface area contributed by atoms with Gasteiger partial charge in [-0.25, -0.2) is 5.01 Å². The van der Waals surface area contributed by atoms with Crippen LogP contribution in [0, 0.1) is 12.8 Å². The molecule has 0 aliphatic heterocycles. The van der Waals surface area contributed by atoms with Crippen molar-refractivity contribution < 1.29 is 0 Å². The van der Waals surface area contributed by atoms with E-state index in [9.17, 15) is 0 Å². The number of allylic oxidation sites excluding steroid dienone is 1. The molecule has 2 atom stereocenters. The highest BCUT2D eigenvalue weighted by Gasteiger charge is 2.42. The number of rotatable bonds is 11. The molecule has 424 valence electrons. The van der Waals surface area contributed by atoms with Crippen molar-refractivity contribution in [3.05, 3.63) is 319 Å². The van der Waals surface area contributed by atoms with E-state index >= 15 is 0 Å². The second kappa shape index (κ2) is 24.6. The number of fused-ring (bicyclic) bond motifs is 8. The summed E-state index contributed by atoms with van der Waals surface area (Å²) in [5.74, 6) is 1.35. The predicted octanol–water partition coefficient (Wildman–Crippen LogP) is 22.0. The lowest BCUT2D eigenvalue weighted by molar-refractivity contribution is 0.251. The highest BCUT2D eigenvalue weighted by molar-refractivity contribution is 6.23. The van der Waals surface area contributed by atoms with E-state index in [0.717, 1.165) is 6.54 Å². The van der Waals surface area contributed by atoms with Crippen molar-refractivity contribution in [2.75, 3.05) is 14.1 Å². The lowest BCUT2D eigenvalue weighted by atomic mass is 9.80. The van der Waals surface area contributed by atoms with Gasteiger partial charge in [0.05, 0.1) is 6.54 Å². The fourth-order valence-electron chi connectivity index (χ4n) is 13.7. The highest BCUT2D eigenvalue weighted by atomic mass is 15.5. The number of hydrogen-bond acceptors (Lipinski definition) is 3. The predicted molar refractivity (Wildman–Crippen MR) is 378 cm³/mol. The van der Waals surface area contributed by atoms with Crippen LogP contribution in [0.4, 0.5) is 0 Å². The molecule has 1 fully saturated rings. The average molecular weight is 1130 g/mol. The van der Waals surface area contributed by atoms with E-state index in [-0.39, 0.29) is 0 Å². The monoisotopic (exact) mass is 1130 g/mol. The van der Waals surface area contributed by atoms with E-state index in [2.05, 4.69) is 333 Å². The van der Waals surface area contributed by atoms with Gasteiger partial charge in [-0.1, -0.05) is 303 Å². The van der Waals surface area contributed by atoms with Gasteiger partial charge in [0.2, 0.25) is 0 Å². The molecule has 0 spiro atoms. The van der Waals surface area contributed by atoms with Crippen LogP contribution in [-0.2, 0) is 13.1 Å². The van der Waals surface area contributed by atoms with Crippen molar-refractivity contribution in [1.29, 1.82) is 0 Å². The third kappa shape index (κ3) is 10.7. The summed E-state index contributed by atoms with van der Waals surface area (Å²) in [6, 6.07) is 103. The van der Waals surface area contributed by atoms with Crippen LogP contribution in [0.5, 0.6) is 0 Å². The first-order chi connectivity index (χ1) is 43.4. The maximum absolute atomic E-state index is 4.03. The first-order valence-corrected chi connectivity index (χ1v) is 30.8. The second-order valence-electron chi connectivity index (χ2n) is 23.5. The highest BCUT2D eigenvalue weighted by Crippen LogP contribution is 2.59. The van der Waals surface area contributed by atoms with Crippen LogP contribution >= 0.6 is 0 Å². The molecule has 0 aromatic heterocycles. The van der Waals surface area contributed by atoms with Gasteiger partial charge in [-0.15, -0.1) is 0 Å². The van der Waals surface area contributed by atoms with Crippen LogP contribution in [-0.4, -0.2) is 25.8 Å². The molecule has 0 saturated heterocycles. The molecule has 0 bridgehead atoms. The first-order valence-electron chi connectivity index (χ1n) is 30.8. The Morgan fingerprint density at radius 3 is 1.06 bits per heavy atom. The van der Waals surface area contributed by atoms with Crippen LogP contribution in [0.25, 0.3) is 127 Å². The summed E-state index contributed by atoms with van der Waals surface area (Å²) in [5, 5.41) is 15.1. The number of nitrogens with zero attached hydrogens (tertiary/aromatic N) is 2. The number of benzene rings is 14. The van der Waals surface area contributed by atoms with E-state index in [0.29, 0.717) is 18.4 Å². The maximum atomic E-state index is 4.03. The van der Waals surface area contributed by atoms with Crippen molar-refractivity contribution in [3.8, 4) is 66.8 Å². The number of aliphatic imine (C=N–C) groups is 1. The van der Waals surface area contributed by atoms with Crippen molar-refractivity contribution >= 4 is 66.7 Å². The number of aryl methyl sites for hydroxylation is 1. The minimum atomic E-state index is 0.646. The fourth-order valence-corrected chi connectivity index (χ4v) is 13.7. The smallest absolute Gasteiger partial charge is 0.0632 e. The quantitative estimate of drug-likeness (QED) is 0.0794. The molecule has 88 heavy (non-hydrogen) atoms. The van der Waals surface area contributed by atoms with Crippen molar-refractivity contribution in [1.82, 2.24) is 10.4 Å². The summed E-state index contributed by atoms with van der Waals surface area (Å²) in [6.45, 7) is 7.29. The largest absolute Gasteiger partial charge is 0.296 e. The van der Waals surface area contributed by atoms with E-state index in [1.54, 1.807) is 5.56 Å². The van der Waals surface area contributed by atoms with Gasteiger partial charge in [0, 0.05) is 13.6 Å². The molecule has 14 aromatic rings. The zero-order valence-corrected chi connectivity index (χ0v) is 50.2. The summed E-state index contributed by atoms with van der Waals surface area (Å²) in [6.07, 6.45) is 6.08. The topological polar surface area (TPSA) is 27.6 Å². The fraction of sp³-hybridized carbons (Fsp3) is 0.0941. The minimum absolute atomic E-state index is 0.646. The van der Waals surface area contributed by atoms with Crippen LogP contribution in [0.15, 0.2) is 296 Å². The number of hydrogen-bond donors (Lipinski definition) is 1. The van der Waals surface area contributed by atoms with Crippen LogP contribution < -0.4 is 5.43 Å². The molecule has 0 heterocycles. The van der Waals surface area contributed by atoms with Gasteiger partial charge in [-0.2, -0.15) is 0 Å². The summed E-state index contributed by atoms with van der Waals surface area (Å²) in [5.41, 5.74) is 25.6. The van der Waals surface area contributed by atoms with Crippen LogP contribution in [0.3, 0.4) is 0 Å². The first kappa shape index (κ1) is 55.6. The second-order valence-corrected chi connectivity index (χ2v) is 23.5. The van der Waals surface area contributed by atoms with Gasteiger partial charge in [-0.3, -0.25) is 10.4 Å². The molecule has 1 saturated carbocycles. The van der Waals surface area contributed by atoms with Gasteiger partial charge >= 0.3 is 0 Å². The Hall–Kier alpha value is -10.3. The summed E-state index contributed by atoms with van der Waals surface area (Å²) in [7, 11) is 4.00. The molecule has 3 nitrogen and oxygen atoms in total. The van der Waals surface area contributed by atoms with Gasteiger partial charge < -0.3 is 0 Å². The molecular weight excluding hydrogens is 1060 g/mol. The SMILES string of the molecule is C=NCc1ccc(-c2c3c(c(-c4ccccc4)c4ccccc24)C2CC2C=C3)cc1.CNN(C)Cc1ccc(-c2c3ccccc3c(-c3ccccc3)c3ccccc23)cc1.Cc1ccc(-c2c3ccccc3c(-c3ccccc3)c3ccccc23)cc1. The molecule has 16 rings (SSSR count).